The van der Waals surface area contributed by atoms with E-state index in [9.17, 15) is 17.6 Å². The highest BCUT2D eigenvalue weighted by Crippen LogP contribution is 2.52. The third-order valence-corrected chi connectivity index (χ3v) is 10.2. The van der Waals surface area contributed by atoms with Gasteiger partial charge in [-0.05, 0) is 61.9 Å². The lowest BCUT2D eigenvalue weighted by molar-refractivity contribution is -0.127. The zero-order valence-electron chi connectivity index (χ0n) is 21.1. The summed E-state index contributed by atoms with van der Waals surface area (Å²) >= 11 is 6.08. The van der Waals surface area contributed by atoms with Gasteiger partial charge in [0.25, 0.3) is 0 Å². The van der Waals surface area contributed by atoms with Crippen molar-refractivity contribution in [3.8, 4) is 5.75 Å². The first-order valence-corrected chi connectivity index (χ1v) is 15.3. The Hall–Kier alpha value is -2.23. The smallest absolute Gasteiger partial charge is 0.222 e. The van der Waals surface area contributed by atoms with Gasteiger partial charge >= 0.3 is 0 Å². The maximum absolute atomic E-state index is 15.4. The average molecular weight is 568 g/mol. The molecule has 0 saturated carbocycles. The van der Waals surface area contributed by atoms with Crippen molar-refractivity contribution in [3.63, 3.8) is 0 Å². The summed E-state index contributed by atoms with van der Waals surface area (Å²) in [4.78, 5) is 13.5. The normalized spacial score (nSPS) is 25.1. The molecule has 0 N–H and O–H groups in total. The summed E-state index contributed by atoms with van der Waals surface area (Å²) in [7, 11) is -3.39. The Labute approximate surface area is 227 Å². The minimum absolute atomic E-state index is 0.0107. The highest BCUT2D eigenvalue weighted by atomic mass is 35.5. The fourth-order valence-corrected chi connectivity index (χ4v) is 7.80. The van der Waals surface area contributed by atoms with Gasteiger partial charge in [-0.3, -0.25) is 4.79 Å². The molecule has 6 nitrogen and oxygen atoms in total. The van der Waals surface area contributed by atoms with Crippen LogP contribution in [0.2, 0.25) is 5.02 Å². The molecule has 206 valence electrons. The molecule has 0 bridgehead atoms. The van der Waals surface area contributed by atoms with Crippen LogP contribution in [0.4, 0.5) is 8.78 Å². The summed E-state index contributed by atoms with van der Waals surface area (Å²) in [5.41, 5.74) is 0.298. The fourth-order valence-electron chi connectivity index (χ4n) is 6.31. The van der Waals surface area contributed by atoms with Crippen LogP contribution in [-0.2, 0) is 31.2 Å². The molecule has 3 heterocycles. The lowest BCUT2D eigenvalue weighted by Gasteiger charge is -2.51. The molecule has 5 rings (SSSR count). The quantitative estimate of drug-likeness (QED) is 0.439. The minimum Gasteiger partial charge on any atom is -0.490 e. The van der Waals surface area contributed by atoms with Crippen LogP contribution >= 0.6 is 11.6 Å². The molecular formula is C28H32ClF2NO5S. The summed E-state index contributed by atoms with van der Waals surface area (Å²) in [6.07, 6.45) is 2.34. The van der Waals surface area contributed by atoms with Crippen molar-refractivity contribution in [2.45, 2.75) is 50.0 Å². The Morgan fingerprint density at radius 3 is 2.58 bits per heavy atom. The lowest BCUT2D eigenvalue weighted by atomic mass is 9.60. The van der Waals surface area contributed by atoms with E-state index >= 15 is 4.39 Å². The van der Waals surface area contributed by atoms with Crippen molar-refractivity contribution in [2.75, 3.05) is 37.8 Å². The minimum atomic E-state index is -3.39. The molecule has 2 saturated heterocycles. The van der Waals surface area contributed by atoms with Crippen molar-refractivity contribution in [3.05, 3.63) is 64.2 Å². The van der Waals surface area contributed by atoms with E-state index in [-0.39, 0.29) is 47.7 Å². The molecule has 3 atom stereocenters. The first-order chi connectivity index (χ1) is 18.2. The zero-order chi connectivity index (χ0) is 26.9. The molecular weight excluding hydrogens is 536 g/mol. The highest BCUT2D eigenvalue weighted by molar-refractivity contribution is 7.91. The molecule has 10 heteroatoms. The molecule has 0 aromatic heterocycles. The van der Waals surface area contributed by atoms with Gasteiger partial charge in [-0.2, -0.15) is 0 Å². The third kappa shape index (κ3) is 5.56. The highest BCUT2D eigenvalue weighted by Gasteiger charge is 2.53. The molecule has 0 radical (unpaired) electrons. The number of benzene rings is 2. The number of fused-ring (bicyclic) bond motifs is 3. The van der Waals surface area contributed by atoms with Crippen LogP contribution < -0.4 is 4.74 Å². The second kappa shape index (κ2) is 11.1. The standard InChI is InChI=1S/C28H32ClF2NO5S/c29-20-6-4-19(5-7-20)17-28-11-14-36-24(21(28)18-37-27-23(31)9-8-22(30)26(27)28)10-16-38(34,35)15-2-13-32-12-1-3-25(32)33/h4-9,21,24H,1-3,10-18H2/t21-,24-,28-/m0/s1. The van der Waals surface area contributed by atoms with Crippen LogP contribution in [0.3, 0.4) is 0 Å². The van der Waals surface area contributed by atoms with Crippen LogP contribution in [-0.4, -0.2) is 63.1 Å². The second-order valence-electron chi connectivity index (χ2n) is 10.5. The summed E-state index contributed by atoms with van der Waals surface area (Å²) in [6.45, 7) is 1.52. The summed E-state index contributed by atoms with van der Waals surface area (Å²) in [5, 5.41) is 0.580. The Balaban J connectivity index is 1.36. The number of sulfone groups is 1. The Morgan fingerprint density at radius 2 is 1.84 bits per heavy atom. The number of ether oxygens (including phenoxy) is 2. The van der Waals surface area contributed by atoms with Gasteiger partial charge in [-0.15, -0.1) is 0 Å². The van der Waals surface area contributed by atoms with Gasteiger partial charge in [-0.1, -0.05) is 23.7 Å². The van der Waals surface area contributed by atoms with Crippen molar-refractivity contribution in [2.24, 2.45) is 5.92 Å². The second-order valence-corrected chi connectivity index (χ2v) is 13.3. The molecule has 3 aliphatic heterocycles. The van der Waals surface area contributed by atoms with Crippen molar-refractivity contribution < 1.29 is 31.5 Å². The molecule has 2 fully saturated rings. The first-order valence-electron chi connectivity index (χ1n) is 13.1. The molecule has 2 aromatic carbocycles. The lowest BCUT2D eigenvalue weighted by Crippen LogP contribution is -2.55. The number of likely N-dealkylation sites (tertiary alicyclic amines) is 1. The van der Waals surface area contributed by atoms with E-state index in [4.69, 9.17) is 21.1 Å². The fraction of sp³-hybridized carbons (Fsp3) is 0.536. The number of carbonyl (C=O) groups excluding carboxylic acids is 1. The van der Waals surface area contributed by atoms with E-state index in [1.165, 1.54) is 0 Å². The maximum Gasteiger partial charge on any atom is 0.222 e. The third-order valence-electron chi connectivity index (χ3n) is 8.20. The molecule has 0 unspecified atom stereocenters. The molecule has 1 amide bonds. The number of amides is 1. The van der Waals surface area contributed by atoms with Crippen molar-refractivity contribution in [1.29, 1.82) is 0 Å². The first kappa shape index (κ1) is 27.3. The number of carbonyl (C=O) groups is 1. The topological polar surface area (TPSA) is 72.9 Å². The largest absolute Gasteiger partial charge is 0.490 e. The number of hydrogen-bond acceptors (Lipinski definition) is 5. The predicted molar refractivity (Wildman–Crippen MR) is 140 cm³/mol. The molecule has 2 aromatic rings. The average Bonchev–Trinajstić information content (AvgIpc) is 3.30. The number of rotatable bonds is 9. The van der Waals surface area contributed by atoms with E-state index in [0.29, 0.717) is 50.4 Å². The monoisotopic (exact) mass is 567 g/mol. The number of hydrogen-bond donors (Lipinski definition) is 0. The van der Waals surface area contributed by atoms with Gasteiger partial charge in [0, 0.05) is 48.0 Å². The van der Waals surface area contributed by atoms with Crippen molar-refractivity contribution in [1.82, 2.24) is 4.90 Å². The van der Waals surface area contributed by atoms with Crippen LogP contribution in [0.25, 0.3) is 0 Å². The maximum atomic E-state index is 15.4. The van der Waals surface area contributed by atoms with Crippen LogP contribution in [0.15, 0.2) is 36.4 Å². The Bertz CT molecular complexity index is 1290. The zero-order valence-corrected chi connectivity index (χ0v) is 22.7. The molecule has 38 heavy (non-hydrogen) atoms. The summed E-state index contributed by atoms with van der Waals surface area (Å²) < 4.78 is 67.8. The van der Waals surface area contributed by atoms with Crippen molar-refractivity contribution >= 4 is 27.3 Å². The van der Waals surface area contributed by atoms with E-state index in [0.717, 1.165) is 24.1 Å². The Kier molecular flexibility index (Phi) is 7.99. The van der Waals surface area contributed by atoms with Crippen LogP contribution in [0.5, 0.6) is 5.75 Å². The molecule has 3 aliphatic rings. The summed E-state index contributed by atoms with van der Waals surface area (Å²) in [6, 6.07) is 9.49. The van der Waals surface area contributed by atoms with Gasteiger partial charge < -0.3 is 14.4 Å². The van der Waals surface area contributed by atoms with Gasteiger partial charge in [0.2, 0.25) is 5.91 Å². The predicted octanol–water partition coefficient (Wildman–Crippen LogP) is 4.71. The Morgan fingerprint density at radius 1 is 1.08 bits per heavy atom. The SMILES string of the molecule is O=C1CCCN1CCCS(=O)(=O)CC[C@@H]1OCC[C@@]2(Cc3ccc(Cl)cc3)c3c(F)ccc(F)c3OC[C@@H]12. The van der Waals surface area contributed by atoms with E-state index < -0.39 is 33.0 Å². The van der Waals surface area contributed by atoms with E-state index in [1.807, 2.05) is 12.1 Å². The van der Waals surface area contributed by atoms with E-state index in [1.54, 1.807) is 17.0 Å². The van der Waals surface area contributed by atoms with Gasteiger partial charge in [0.15, 0.2) is 11.6 Å². The van der Waals surface area contributed by atoms with Crippen LogP contribution in [0.1, 0.15) is 43.2 Å². The number of halogens is 3. The summed E-state index contributed by atoms with van der Waals surface area (Å²) in [5.74, 6) is -1.60. The van der Waals surface area contributed by atoms with Gasteiger partial charge in [0.05, 0.1) is 24.2 Å². The van der Waals surface area contributed by atoms with Crippen LogP contribution in [0, 0.1) is 17.6 Å². The van der Waals surface area contributed by atoms with Gasteiger partial charge in [-0.25, -0.2) is 17.2 Å². The number of nitrogens with zero attached hydrogens (tertiary/aromatic N) is 1. The van der Waals surface area contributed by atoms with Gasteiger partial charge in [0.1, 0.15) is 15.7 Å². The molecule has 0 spiro atoms. The molecule has 0 aliphatic carbocycles. The van der Waals surface area contributed by atoms with E-state index in [2.05, 4.69) is 0 Å².